The number of nitrogens with zero attached hydrogens (tertiary/aromatic N) is 3. The summed E-state index contributed by atoms with van der Waals surface area (Å²) in [5, 5.41) is 12.9. The third-order valence-corrected chi connectivity index (χ3v) is 3.29. The molecule has 0 aromatic carbocycles. The van der Waals surface area contributed by atoms with Crippen LogP contribution < -0.4 is 5.56 Å². The molecule has 2 aromatic heterocycles. The molecule has 0 aliphatic carbocycles. The Morgan fingerprint density at radius 1 is 1.47 bits per heavy atom. The molecule has 1 aliphatic rings. The minimum Gasteiger partial charge on any atom is -0.465 e. The fourth-order valence-corrected chi connectivity index (χ4v) is 2.31. The van der Waals surface area contributed by atoms with Crippen LogP contribution in [0.2, 0.25) is 0 Å². The molecule has 3 heterocycles. The van der Waals surface area contributed by atoms with Crippen molar-refractivity contribution < 1.29 is 9.90 Å². The minimum atomic E-state index is -0.920. The second-order valence-corrected chi connectivity index (χ2v) is 4.35. The van der Waals surface area contributed by atoms with Crippen molar-refractivity contribution in [2.75, 3.05) is 13.1 Å². The lowest BCUT2D eigenvalue weighted by molar-refractivity contribution is 0.150. The Labute approximate surface area is 107 Å². The maximum Gasteiger partial charge on any atom is 0.407 e. The van der Waals surface area contributed by atoms with Crippen molar-refractivity contribution in [1.82, 2.24) is 19.5 Å². The first kappa shape index (κ1) is 11.5. The monoisotopic (exact) mass is 260 g/mol. The molecular formula is C12H12N4O3. The molecule has 0 unspecified atom stereocenters. The summed E-state index contributed by atoms with van der Waals surface area (Å²) < 4.78 is 1.53. The van der Waals surface area contributed by atoms with E-state index in [1.165, 1.54) is 15.7 Å². The predicted molar refractivity (Wildman–Crippen MR) is 68.0 cm³/mol. The van der Waals surface area contributed by atoms with Crippen molar-refractivity contribution in [3.63, 3.8) is 0 Å². The van der Waals surface area contributed by atoms with Gasteiger partial charge < -0.3 is 15.0 Å². The number of amides is 1. The molecule has 19 heavy (non-hydrogen) atoms. The van der Waals surface area contributed by atoms with E-state index in [4.69, 9.17) is 5.11 Å². The van der Waals surface area contributed by atoms with E-state index in [-0.39, 0.29) is 5.56 Å². The molecule has 7 heteroatoms. The third kappa shape index (κ3) is 1.88. The predicted octanol–water partition coefficient (Wildman–Crippen LogP) is 0.790. The SMILES string of the molecule is O=C(O)N1CC=C(c2ccn3nc[nH]c(=O)c23)CC1. The molecule has 3 rings (SSSR count). The Morgan fingerprint density at radius 2 is 2.32 bits per heavy atom. The van der Waals surface area contributed by atoms with E-state index in [9.17, 15) is 9.59 Å². The maximum absolute atomic E-state index is 11.8. The van der Waals surface area contributed by atoms with E-state index >= 15 is 0 Å². The van der Waals surface area contributed by atoms with Gasteiger partial charge in [0.15, 0.2) is 0 Å². The molecule has 0 fully saturated rings. The van der Waals surface area contributed by atoms with E-state index in [0.717, 1.165) is 11.1 Å². The molecule has 98 valence electrons. The Morgan fingerprint density at radius 3 is 3.00 bits per heavy atom. The summed E-state index contributed by atoms with van der Waals surface area (Å²) >= 11 is 0. The fourth-order valence-electron chi connectivity index (χ4n) is 2.31. The molecule has 2 N–H and O–H groups in total. The topological polar surface area (TPSA) is 90.7 Å². The zero-order chi connectivity index (χ0) is 13.4. The van der Waals surface area contributed by atoms with E-state index in [0.29, 0.717) is 25.0 Å². The normalized spacial score (nSPS) is 15.6. The lowest BCUT2D eigenvalue weighted by atomic mass is 10.0. The number of hydrogen-bond donors (Lipinski definition) is 2. The van der Waals surface area contributed by atoms with Gasteiger partial charge in [0.05, 0.1) is 0 Å². The smallest absolute Gasteiger partial charge is 0.407 e. The van der Waals surface area contributed by atoms with Crippen LogP contribution in [0.15, 0.2) is 29.5 Å². The lowest BCUT2D eigenvalue weighted by Crippen LogP contribution is -2.33. The van der Waals surface area contributed by atoms with Gasteiger partial charge in [-0.1, -0.05) is 6.08 Å². The summed E-state index contributed by atoms with van der Waals surface area (Å²) in [5.74, 6) is 0. The van der Waals surface area contributed by atoms with Gasteiger partial charge in [0.2, 0.25) is 0 Å². The lowest BCUT2D eigenvalue weighted by Gasteiger charge is -2.23. The summed E-state index contributed by atoms with van der Waals surface area (Å²) in [7, 11) is 0. The van der Waals surface area contributed by atoms with Crippen LogP contribution in [0.25, 0.3) is 11.1 Å². The highest BCUT2D eigenvalue weighted by molar-refractivity contribution is 5.79. The van der Waals surface area contributed by atoms with Gasteiger partial charge in [0.1, 0.15) is 11.8 Å². The molecule has 0 atom stereocenters. The van der Waals surface area contributed by atoms with Gasteiger partial charge in [0, 0.05) is 24.8 Å². The number of nitrogens with one attached hydrogen (secondary N) is 1. The first-order valence-electron chi connectivity index (χ1n) is 5.89. The van der Waals surface area contributed by atoms with Crippen LogP contribution in [0.3, 0.4) is 0 Å². The second kappa shape index (κ2) is 4.27. The van der Waals surface area contributed by atoms with Crippen molar-refractivity contribution in [2.24, 2.45) is 0 Å². The van der Waals surface area contributed by atoms with Crippen LogP contribution in [0, 0.1) is 0 Å². The first-order valence-corrected chi connectivity index (χ1v) is 5.89. The average Bonchev–Trinajstić information content (AvgIpc) is 2.84. The minimum absolute atomic E-state index is 0.198. The molecule has 2 aromatic rings. The van der Waals surface area contributed by atoms with Gasteiger partial charge in [-0.15, -0.1) is 0 Å². The van der Waals surface area contributed by atoms with Crippen LogP contribution in [-0.2, 0) is 0 Å². The van der Waals surface area contributed by atoms with Crippen LogP contribution in [0.5, 0.6) is 0 Å². The molecule has 0 saturated heterocycles. The van der Waals surface area contributed by atoms with Gasteiger partial charge in [-0.25, -0.2) is 9.31 Å². The molecule has 0 radical (unpaired) electrons. The van der Waals surface area contributed by atoms with E-state index < -0.39 is 6.09 Å². The van der Waals surface area contributed by atoms with Crippen LogP contribution >= 0.6 is 0 Å². The van der Waals surface area contributed by atoms with Gasteiger partial charge in [0.25, 0.3) is 5.56 Å². The van der Waals surface area contributed by atoms with Crippen molar-refractivity contribution in [3.05, 3.63) is 40.6 Å². The molecule has 0 bridgehead atoms. The molecule has 1 aliphatic heterocycles. The van der Waals surface area contributed by atoms with Crippen molar-refractivity contribution in [3.8, 4) is 0 Å². The summed E-state index contributed by atoms with van der Waals surface area (Å²) in [5.41, 5.74) is 2.10. The highest BCUT2D eigenvalue weighted by atomic mass is 16.4. The number of fused-ring (bicyclic) bond motifs is 1. The summed E-state index contributed by atoms with van der Waals surface area (Å²) in [6.45, 7) is 0.789. The Balaban J connectivity index is 2.02. The number of carbonyl (C=O) groups is 1. The summed E-state index contributed by atoms with van der Waals surface area (Å²) in [6, 6.07) is 1.83. The quantitative estimate of drug-likeness (QED) is 0.793. The highest BCUT2D eigenvalue weighted by Gasteiger charge is 2.19. The number of hydrogen-bond acceptors (Lipinski definition) is 3. The fraction of sp³-hybridized carbons (Fsp3) is 0.250. The maximum atomic E-state index is 11.8. The van der Waals surface area contributed by atoms with Gasteiger partial charge in [-0.05, 0) is 18.1 Å². The number of rotatable bonds is 1. The number of H-pyrrole nitrogens is 1. The van der Waals surface area contributed by atoms with E-state index in [1.807, 2.05) is 12.1 Å². The molecule has 7 nitrogen and oxygen atoms in total. The number of aromatic nitrogens is 3. The Hall–Kier alpha value is -2.57. The molecule has 0 saturated carbocycles. The number of aromatic amines is 1. The Kier molecular flexibility index (Phi) is 2.59. The standard InChI is InChI=1S/C12H12N4O3/c17-11-10-9(3-6-16(10)14-7-13-11)8-1-4-15(5-2-8)12(18)19/h1,3,6-7H,2,4-5H2,(H,18,19)(H,13,14,17). The van der Waals surface area contributed by atoms with Crippen LogP contribution in [0.1, 0.15) is 12.0 Å². The van der Waals surface area contributed by atoms with Crippen LogP contribution in [0.4, 0.5) is 4.79 Å². The highest BCUT2D eigenvalue weighted by Crippen LogP contribution is 2.24. The molecular weight excluding hydrogens is 248 g/mol. The van der Waals surface area contributed by atoms with Gasteiger partial charge in [-0.3, -0.25) is 4.79 Å². The van der Waals surface area contributed by atoms with Crippen molar-refractivity contribution >= 4 is 17.2 Å². The average molecular weight is 260 g/mol. The number of carboxylic acid groups (broad SMARTS) is 1. The van der Waals surface area contributed by atoms with Crippen molar-refractivity contribution in [1.29, 1.82) is 0 Å². The van der Waals surface area contributed by atoms with Crippen molar-refractivity contribution in [2.45, 2.75) is 6.42 Å². The van der Waals surface area contributed by atoms with E-state index in [2.05, 4.69) is 10.1 Å². The first-order chi connectivity index (χ1) is 9.16. The van der Waals surface area contributed by atoms with Gasteiger partial charge >= 0.3 is 6.09 Å². The molecule has 0 spiro atoms. The second-order valence-electron chi connectivity index (χ2n) is 4.35. The molecule has 1 amide bonds. The Bertz CT molecular complexity index is 728. The van der Waals surface area contributed by atoms with Gasteiger partial charge in [-0.2, -0.15) is 5.10 Å². The zero-order valence-electron chi connectivity index (χ0n) is 10.0. The van der Waals surface area contributed by atoms with E-state index in [1.54, 1.807) is 6.20 Å². The zero-order valence-corrected chi connectivity index (χ0v) is 10.0. The summed E-state index contributed by atoms with van der Waals surface area (Å²) in [4.78, 5) is 26.6. The third-order valence-electron chi connectivity index (χ3n) is 3.29. The summed E-state index contributed by atoms with van der Waals surface area (Å²) in [6.07, 6.45) is 4.60. The van der Waals surface area contributed by atoms with Crippen LogP contribution in [-0.4, -0.2) is 43.8 Å². The largest absolute Gasteiger partial charge is 0.465 e.